The second kappa shape index (κ2) is 9.10. The lowest BCUT2D eigenvalue weighted by molar-refractivity contribution is -0.171. The summed E-state index contributed by atoms with van der Waals surface area (Å²) in [5.41, 5.74) is -1.89. The number of hydrogen-bond donors (Lipinski definition) is 0. The Morgan fingerprint density at radius 3 is 1.43 bits per heavy atom. The molecule has 0 aromatic heterocycles. The summed E-state index contributed by atoms with van der Waals surface area (Å²) in [4.78, 5) is 47.4. The molecule has 120 valence electrons. The van der Waals surface area contributed by atoms with Gasteiger partial charge in [0.05, 0.1) is 32.7 Å². The Kier molecular flexibility index (Phi) is 8.26. The zero-order valence-corrected chi connectivity index (χ0v) is 12.9. The number of carbonyl (C=O) groups excluding carboxylic acids is 4. The van der Waals surface area contributed by atoms with E-state index in [1.165, 1.54) is 0 Å². The van der Waals surface area contributed by atoms with Gasteiger partial charge in [0.25, 0.3) is 0 Å². The monoisotopic (exact) mass is 302 g/mol. The highest BCUT2D eigenvalue weighted by molar-refractivity contribution is 6.07. The molecule has 0 unspecified atom stereocenters. The van der Waals surface area contributed by atoms with Crippen molar-refractivity contribution in [2.75, 3.05) is 19.8 Å². The molecule has 0 aromatic carbocycles. The molecule has 0 atom stereocenters. The minimum Gasteiger partial charge on any atom is -0.466 e. The lowest BCUT2D eigenvalue weighted by Crippen LogP contribution is -2.44. The van der Waals surface area contributed by atoms with Crippen LogP contribution in [0.25, 0.3) is 0 Å². The number of ether oxygens (including phenoxy) is 3. The van der Waals surface area contributed by atoms with Crippen molar-refractivity contribution >= 4 is 23.7 Å². The molecule has 0 amide bonds. The summed E-state index contributed by atoms with van der Waals surface area (Å²) in [6, 6.07) is 0. The molecule has 0 aliphatic carbocycles. The second-order valence-corrected chi connectivity index (χ2v) is 4.32. The fourth-order valence-corrected chi connectivity index (χ4v) is 1.79. The number of Topliss-reactive ketones (excluding diaryl/α,β-unsaturated/α-hetero) is 1. The SMILES string of the molecule is CCOC(=O)CC(CC(=O)OCC)(C(C)=O)C(=O)OCC. The average molecular weight is 302 g/mol. The number of esters is 3. The van der Waals surface area contributed by atoms with Gasteiger partial charge in [-0.1, -0.05) is 0 Å². The van der Waals surface area contributed by atoms with Crippen LogP contribution in [0.2, 0.25) is 0 Å². The molecule has 0 fully saturated rings. The zero-order chi connectivity index (χ0) is 16.5. The third-order valence-corrected chi connectivity index (χ3v) is 2.84. The molecule has 0 rings (SSSR count). The van der Waals surface area contributed by atoms with Gasteiger partial charge in [0.15, 0.2) is 0 Å². The number of carbonyl (C=O) groups is 4. The van der Waals surface area contributed by atoms with Crippen molar-refractivity contribution < 1.29 is 33.4 Å². The van der Waals surface area contributed by atoms with Crippen LogP contribution < -0.4 is 0 Å². The summed E-state index contributed by atoms with van der Waals surface area (Å²) in [6.07, 6.45) is -1.10. The summed E-state index contributed by atoms with van der Waals surface area (Å²) >= 11 is 0. The van der Waals surface area contributed by atoms with Gasteiger partial charge >= 0.3 is 17.9 Å². The first-order valence-electron chi connectivity index (χ1n) is 6.83. The van der Waals surface area contributed by atoms with Gasteiger partial charge < -0.3 is 14.2 Å². The molecule has 0 aliphatic rings. The fraction of sp³-hybridized carbons (Fsp3) is 0.714. The van der Waals surface area contributed by atoms with E-state index in [0.29, 0.717) is 0 Å². The maximum atomic E-state index is 12.1. The van der Waals surface area contributed by atoms with Crippen LogP contribution >= 0.6 is 0 Å². The maximum Gasteiger partial charge on any atom is 0.320 e. The van der Waals surface area contributed by atoms with Gasteiger partial charge in [-0.3, -0.25) is 19.2 Å². The first-order chi connectivity index (χ1) is 9.83. The molecular formula is C14H22O7. The van der Waals surface area contributed by atoms with E-state index in [1.807, 2.05) is 0 Å². The van der Waals surface area contributed by atoms with Crippen molar-refractivity contribution in [3.05, 3.63) is 0 Å². The van der Waals surface area contributed by atoms with Gasteiger partial charge in [-0.05, 0) is 27.7 Å². The Labute approximate surface area is 123 Å². The number of rotatable bonds is 9. The van der Waals surface area contributed by atoms with Crippen molar-refractivity contribution in [1.82, 2.24) is 0 Å². The normalized spacial score (nSPS) is 10.7. The van der Waals surface area contributed by atoms with Gasteiger partial charge in [-0.15, -0.1) is 0 Å². The Balaban J connectivity index is 5.43. The zero-order valence-electron chi connectivity index (χ0n) is 12.9. The minimum atomic E-state index is -1.89. The van der Waals surface area contributed by atoms with Crippen molar-refractivity contribution in [2.24, 2.45) is 5.41 Å². The highest BCUT2D eigenvalue weighted by Crippen LogP contribution is 2.31. The Morgan fingerprint density at radius 2 is 1.14 bits per heavy atom. The quantitative estimate of drug-likeness (QED) is 0.356. The minimum absolute atomic E-state index is 0.0273. The molecule has 0 N–H and O–H groups in total. The third kappa shape index (κ3) is 5.53. The molecule has 7 nitrogen and oxygen atoms in total. The van der Waals surface area contributed by atoms with Gasteiger partial charge in [0.2, 0.25) is 0 Å². The first-order valence-corrected chi connectivity index (χ1v) is 6.83. The predicted molar refractivity (Wildman–Crippen MR) is 72.2 cm³/mol. The van der Waals surface area contributed by atoms with Crippen LogP contribution in [0.3, 0.4) is 0 Å². The van der Waals surface area contributed by atoms with Gasteiger partial charge in [0.1, 0.15) is 11.2 Å². The smallest absolute Gasteiger partial charge is 0.320 e. The highest BCUT2D eigenvalue weighted by Gasteiger charge is 2.49. The van der Waals surface area contributed by atoms with E-state index < -0.39 is 41.9 Å². The molecule has 0 saturated heterocycles. The lowest BCUT2D eigenvalue weighted by atomic mass is 9.77. The second-order valence-electron chi connectivity index (χ2n) is 4.32. The van der Waals surface area contributed by atoms with Crippen LogP contribution in [0.4, 0.5) is 0 Å². The Morgan fingerprint density at radius 1 is 0.762 bits per heavy atom. The molecular weight excluding hydrogens is 280 g/mol. The topological polar surface area (TPSA) is 96.0 Å². The van der Waals surface area contributed by atoms with Gasteiger partial charge in [0, 0.05) is 0 Å². The molecule has 0 aromatic rings. The van der Waals surface area contributed by atoms with E-state index in [0.717, 1.165) is 6.92 Å². The largest absolute Gasteiger partial charge is 0.466 e. The molecule has 0 spiro atoms. The third-order valence-electron chi connectivity index (χ3n) is 2.84. The van der Waals surface area contributed by atoms with Gasteiger partial charge in [-0.25, -0.2) is 0 Å². The maximum absolute atomic E-state index is 12.1. The number of hydrogen-bond acceptors (Lipinski definition) is 7. The molecule has 21 heavy (non-hydrogen) atoms. The molecule has 0 bridgehead atoms. The van der Waals surface area contributed by atoms with Crippen molar-refractivity contribution in [3.8, 4) is 0 Å². The Hall–Kier alpha value is -1.92. The van der Waals surface area contributed by atoms with E-state index in [4.69, 9.17) is 14.2 Å². The van der Waals surface area contributed by atoms with Crippen LogP contribution in [-0.4, -0.2) is 43.5 Å². The fourth-order valence-electron chi connectivity index (χ4n) is 1.79. The lowest BCUT2D eigenvalue weighted by Gasteiger charge is -2.26. The van der Waals surface area contributed by atoms with E-state index in [9.17, 15) is 19.2 Å². The molecule has 0 aliphatic heterocycles. The van der Waals surface area contributed by atoms with E-state index >= 15 is 0 Å². The standard InChI is InChI=1S/C14H22O7/c1-5-19-11(16)8-14(10(4)15,13(18)21-7-3)9-12(17)20-6-2/h5-9H2,1-4H3. The van der Waals surface area contributed by atoms with Crippen molar-refractivity contribution in [2.45, 2.75) is 40.5 Å². The molecule has 0 saturated carbocycles. The van der Waals surface area contributed by atoms with E-state index in [-0.39, 0.29) is 19.8 Å². The highest BCUT2D eigenvalue weighted by atomic mass is 16.5. The summed E-state index contributed by atoms with van der Waals surface area (Å²) in [7, 11) is 0. The summed E-state index contributed by atoms with van der Waals surface area (Å²) in [5, 5.41) is 0. The molecule has 7 heteroatoms. The summed E-state index contributed by atoms with van der Waals surface area (Å²) in [5.74, 6) is -3.05. The van der Waals surface area contributed by atoms with Crippen LogP contribution in [0.15, 0.2) is 0 Å². The molecule has 0 radical (unpaired) electrons. The van der Waals surface area contributed by atoms with Crippen LogP contribution in [0.1, 0.15) is 40.5 Å². The van der Waals surface area contributed by atoms with E-state index in [2.05, 4.69) is 0 Å². The van der Waals surface area contributed by atoms with Crippen LogP contribution in [0, 0.1) is 5.41 Å². The average Bonchev–Trinajstić information content (AvgIpc) is 2.38. The van der Waals surface area contributed by atoms with Crippen LogP contribution in [-0.2, 0) is 33.4 Å². The predicted octanol–water partition coefficient (Wildman–Crippen LogP) is 1.03. The van der Waals surface area contributed by atoms with Gasteiger partial charge in [-0.2, -0.15) is 0 Å². The van der Waals surface area contributed by atoms with E-state index in [1.54, 1.807) is 20.8 Å². The summed E-state index contributed by atoms with van der Waals surface area (Å²) in [6.45, 7) is 6.14. The Bertz CT molecular complexity index is 380. The van der Waals surface area contributed by atoms with Crippen LogP contribution in [0.5, 0.6) is 0 Å². The van der Waals surface area contributed by atoms with Crippen molar-refractivity contribution in [1.29, 1.82) is 0 Å². The summed E-state index contributed by atoms with van der Waals surface area (Å²) < 4.78 is 14.4. The number of ketones is 1. The molecule has 0 heterocycles. The first kappa shape index (κ1) is 19.1. The van der Waals surface area contributed by atoms with Crippen molar-refractivity contribution in [3.63, 3.8) is 0 Å².